The van der Waals surface area contributed by atoms with Gasteiger partial charge in [0.2, 0.25) is 5.91 Å². The van der Waals surface area contributed by atoms with E-state index in [4.69, 9.17) is 4.74 Å². The van der Waals surface area contributed by atoms with E-state index in [2.05, 4.69) is 16.0 Å². The van der Waals surface area contributed by atoms with Gasteiger partial charge in [-0.3, -0.25) is 9.59 Å². The standard InChI is InChI=1S/C14H21N3O3/c1-15-10-13(18)17-12-6-3-5-11(9-12)14(19)16-7-4-8-20-2/h3,5-6,9,15H,4,7-8,10H2,1-2H3,(H,16,19)(H,17,18). The van der Waals surface area contributed by atoms with Gasteiger partial charge in [0, 0.05) is 31.5 Å². The van der Waals surface area contributed by atoms with E-state index < -0.39 is 0 Å². The number of ether oxygens (including phenoxy) is 1. The fraction of sp³-hybridized carbons (Fsp3) is 0.429. The van der Waals surface area contributed by atoms with E-state index in [0.717, 1.165) is 6.42 Å². The highest BCUT2D eigenvalue weighted by molar-refractivity contribution is 5.97. The highest BCUT2D eigenvalue weighted by Gasteiger charge is 2.07. The van der Waals surface area contributed by atoms with Crippen LogP contribution in [0.25, 0.3) is 0 Å². The van der Waals surface area contributed by atoms with Gasteiger partial charge in [-0.05, 0) is 31.7 Å². The van der Waals surface area contributed by atoms with Gasteiger partial charge in [-0.2, -0.15) is 0 Å². The van der Waals surface area contributed by atoms with Gasteiger partial charge in [0.25, 0.3) is 5.91 Å². The fourth-order valence-electron chi connectivity index (χ4n) is 1.62. The van der Waals surface area contributed by atoms with Crippen molar-refractivity contribution in [2.75, 3.05) is 39.2 Å². The number of methoxy groups -OCH3 is 1. The summed E-state index contributed by atoms with van der Waals surface area (Å²) in [6, 6.07) is 6.84. The Bertz CT molecular complexity index is 449. The lowest BCUT2D eigenvalue weighted by molar-refractivity contribution is -0.115. The number of hydrogen-bond donors (Lipinski definition) is 3. The Hall–Kier alpha value is -1.92. The van der Waals surface area contributed by atoms with Gasteiger partial charge >= 0.3 is 0 Å². The molecular weight excluding hydrogens is 258 g/mol. The van der Waals surface area contributed by atoms with Gasteiger partial charge in [-0.15, -0.1) is 0 Å². The number of anilines is 1. The molecule has 20 heavy (non-hydrogen) atoms. The minimum Gasteiger partial charge on any atom is -0.385 e. The summed E-state index contributed by atoms with van der Waals surface area (Å²) in [6.45, 7) is 1.40. The average molecular weight is 279 g/mol. The van der Waals surface area contributed by atoms with Crippen LogP contribution in [0.1, 0.15) is 16.8 Å². The van der Waals surface area contributed by atoms with Gasteiger partial charge in [0.15, 0.2) is 0 Å². The SMILES string of the molecule is CNCC(=O)Nc1cccc(C(=O)NCCCOC)c1. The third-order valence-corrected chi connectivity index (χ3v) is 2.56. The van der Waals surface area contributed by atoms with Gasteiger partial charge in [0.05, 0.1) is 6.54 Å². The third-order valence-electron chi connectivity index (χ3n) is 2.56. The molecular formula is C14H21N3O3. The first-order valence-electron chi connectivity index (χ1n) is 6.49. The van der Waals surface area contributed by atoms with Crippen LogP contribution in [0.5, 0.6) is 0 Å². The van der Waals surface area contributed by atoms with Crippen LogP contribution in [0.3, 0.4) is 0 Å². The molecule has 3 N–H and O–H groups in total. The first kappa shape index (κ1) is 16.1. The molecule has 0 saturated carbocycles. The van der Waals surface area contributed by atoms with E-state index in [1.54, 1.807) is 38.4 Å². The molecule has 0 bridgehead atoms. The quantitative estimate of drug-likeness (QED) is 0.609. The maximum atomic E-state index is 11.9. The fourth-order valence-corrected chi connectivity index (χ4v) is 1.62. The van der Waals surface area contributed by atoms with Crippen LogP contribution >= 0.6 is 0 Å². The molecule has 0 aliphatic carbocycles. The van der Waals surface area contributed by atoms with Crippen LogP contribution < -0.4 is 16.0 Å². The molecule has 110 valence electrons. The Balaban J connectivity index is 2.54. The summed E-state index contributed by atoms with van der Waals surface area (Å²) < 4.78 is 4.91. The van der Waals surface area contributed by atoms with Gasteiger partial charge in [0.1, 0.15) is 0 Å². The molecule has 1 rings (SSSR count). The molecule has 1 aromatic rings. The normalized spacial score (nSPS) is 10.1. The van der Waals surface area contributed by atoms with Crippen molar-refractivity contribution in [3.05, 3.63) is 29.8 Å². The summed E-state index contributed by atoms with van der Waals surface area (Å²) in [7, 11) is 3.32. The van der Waals surface area contributed by atoms with Crippen molar-refractivity contribution in [1.29, 1.82) is 0 Å². The molecule has 0 atom stereocenters. The lowest BCUT2D eigenvalue weighted by Crippen LogP contribution is -2.26. The van der Waals surface area contributed by atoms with Crippen molar-refractivity contribution in [1.82, 2.24) is 10.6 Å². The van der Waals surface area contributed by atoms with E-state index >= 15 is 0 Å². The molecule has 0 heterocycles. The lowest BCUT2D eigenvalue weighted by Gasteiger charge is -2.08. The third kappa shape index (κ3) is 5.81. The number of amides is 2. The summed E-state index contributed by atoms with van der Waals surface area (Å²) in [5.41, 5.74) is 1.12. The second-order valence-corrected chi connectivity index (χ2v) is 4.26. The molecule has 0 unspecified atom stereocenters. The number of benzene rings is 1. The number of nitrogens with one attached hydrogen (secondary N) is 3. The van der Waals surface area contributed by atoms with Crippen molar-refractivity contribution in [2.45, 2.75) is 6.42 Å². The number of hydrogen-bond acceptors (Lipinski definition) is 4. The molecule has 0 aliphatic rings. The van der Waals surface area contributed by atoms with E-state index in [1.165, 1.54) is 0 Å². The van der Waals surface area contributed by atoms with Crippen molar-refractivity contribution < 1.29 is 14.3 Å². The predicted molar refractivity (Wildman–Crippen MR) is 77.8 cm³/mol. The Morgan fingerprint density at radius 3 is 2.80 bits per heavy atom. The summed E-state index contributed by atoms with van der Waals surface area (Å²) >= 11 is 0. The monoisotopic (exact) mass is 279 g/mol. The van der Waals surface area contributed by atoms with Gasteiger partial charge in [-0.25, -0.2) is 0 Å². The zero-order valence-corrected chi connectivity index (χ0v) is 11.9. The summed E-state index contributed by atoms with van der Waals surface area (Å²) in [4.78, 5) is 23.3. The molecule has 2 amide bonds. The topological polar surface area (TPSA) is 79.5 Å². The minimum atomic E-state index is -0.161. The first-order valence-corrected chi connectivity index (χ1v) is 6.49. The molecule has 0 aromatic heterocycles. The highest BCUT2D eigenvalue weighted by atomic mass is 16.5. The molecule has 0 saturated heterocycles. The van der Waals surface area contributed by atoms with Gasteiger partial charge < -0.3 is 20.7 Å². The van der Waals surface area contributed by atoms with E-state index in [-0.39, 0.29) is 18.4 Å². The Morgan fingerprint density at radius 1 is 1.30 bits per heavy atom. The first-order chi connectivity index (χ1) is 9.67. The van der Waals surface area contributed by atoms with E-state index in [1.807, 2.05) is 0 Å². The second-order valence-electron chi connectivity index (χ2n) is 4.26. The lowest BCUT2D eigenvalue weighted by atomic mass is 10.2. The maximum Gasteiger partial charge on any atom is 0.251 e. The summed E-state index contributed by atoms with van der Waals surface area (Å²) in [5.74, 6) is -0.309. The van der Waals surface area contributed by atoms with Gasteiger partial charge in [-0.1, -0.05) is 6.07 Å². The van der Waals surface area contributed by atoms with Crippen LogP contribution in [-0.2, 0) is 9.53 Å². The maximum absolute atomic E-state index is 11.9. The van der Waals surface area contributed by atoms with Crippen molar-refractivity contribution in [2.24, 2.45) is 0 Å². The molecule has 6 heteroatoms. The zero-order valence-electron chi connectivity index (χ0n) is 11.9. The summed E-state index contributed by atoms with van der Waals surface area (Å²) in [6.07, 6.45) is 0.765. The van der Waals surface area contributed by atoms with Crippen molar-refractivity contribution in [3.63, 3.8) is 0 Å². The Kier molecular flexibility index (Phi) is 7.31. The second kappa shape index (κ2) is 9.06. The number of carbonyl (C=O) groups is 2. The van der Waals surface area contributed by atoms with Crippen LogP contribution in [0.4, 0.5) is 5.69 Å². The summed E-state index contributed by atoms with van der Waals surface area (Å²) in [5, 5.41) is 8.27. The van der Waals surface area contributed by atoms with Crippen molar-refractivity contribution >= 4 is 17.5 Å². The zero-order chi connectivity index (χ0) is 14.8. The van der Waals surface area contributed by atoms with Crippen molar-refractivity contribution in [3.8, 4) is 0 Å². The highest BCUT2D eigenvalue weighted by Crippen LogP contribution is 2.10. The molecule has 0 radical (unpaired) electrons. The molecule has 6 nitrogen and oxygen atoms in total. The van der Waals surface area contributed by atoms with E-state index in [0.29, 0.717) is 24.4 Å². The smallest absolute Gasteiger partial charge is 0.251 e. The number of carbonyl (C=O) groups excluding carboxylic acids is 2. The van der Waals surface area contributed by atoms with Crippen LogP contribution in [0.15, 0.2) is 24.3 Å². The average Bonchev–Trinajstić information content (AvgIpc) is 2.44. The Morgan fingerprint density at radius 2 is 2.10 bits per heavy atom. The van der Waals surface area contributed by atoms with Crippen LogP contribution in [0.2, 0.25) is 0 Å². The number of likely N-dealkylation sites (N-methyl/N-ethyl adjacent to an activating group) is 1. The molecule has 0 aliphatic heterocycles. The Labute approximate surface area is 118 Å². The van der Waals surface area contributed by atoms with Crippen LogP contribution in [-0.4, -0.2) is 45.7 Å². The number of rotatable bonds is 8. The van der Waals surface area contributed by atoms with Crippen LogP contribution in [0, 0.1) is 0 Å². The minimum absolute atomic E-state index is 0.148. The molecule has 1 aromatic carbocycles. The molecule has 0 fully saturated rings. The predicted octanol–water partition coefficient (Wildman–Crippen LogP) is 0.611. The molecule has 0 spiro atoms. The largest absolute Gasteiger partial charge is 0.385 e. The van der Waals surface area contributed by atoms with E-state index in [9.17, 15) is 9.59 Å².